The number of aliphatic hydroxyl groups is 1. The molecule has 114 valence electrons. The molecule has 20 heavy (non-hydrogen) atoms. The van der Waals surface area contributed by atoms with E-state index in [1.165, 1.54) is 11.3 Å². The first-order valence-electron chi connectivity index (χ1n) is 6.91. The first-order chi connectivity index (χ1) is 9.50. The standard InChI is InChI=1S/C13H22N2O3S2/c1-3-4-14-5-7-15(8-6-14)20(17,18)13-11(2)10-19-12(13)9-16/h10,16H,3-9H2,1-2H3. The van der Waals surface area contributed by atoms with Gasteiger partial charge >= 0.3 is 0 Å². The molecule has 0 atom stereocenters. The third-order valence-electron chi connectivity index (χ3n) is 3.60. The van der Waals surface area contributed by atoms with Crippen LogP contribution >= 0.6 is 11.3 Å². The van der Waals surface area contributed by atoms with Crippen LogP contribution in [0.5, 0.6) is 0 Å². The van der Waals surface area contributed by atoms with Crippen molar-refractivity contribution in [2.24, 2.45) is 0 Å². The molecule has 0 unspecified atom stereocenters. The summed E-state index contributed by atoms with van der Waals surface area (Å²) in [5.74, 6) is 0. The minimum atomic E-state index is -3.47. The average molecular weight is 318 g/mol. The van der Waals surface area contributed by atoms with Gasteiger partial charge in [0.25, 0.3) is 0 Å². The molecule has 1 aromatic heterocycles. The third kappa shape index (κ3) is 3.07. The van der Waals surface area contributed by atoms with Gasteiger partial charge < -0.3 is 10.0 Å². The van der Waals surface area contributed by atoms with Crippen molar-refractivity contribution < 1.29 is 13.5 Å². The molecule has 0 saturated carbocycles. The largest absolute Gasteiger partial charge is 0.391 e. The minimum absolute atomic E-state index is 0.219. The fourth-order valence-electron chi connectivity index (χ4n) is 2.58. The van der Waals surface area contributed by atoms with Crippen molar-refractivity contribution in [1.29, 1.82) is 0 Å². The molecule has 1 aliphatic rings. The quantitative estimate of drug-likeness (QED) is 0.888. The summed E-state index contributed by atoms with van der Waals surface area (Å²) >= 11 is 1.31. The van der Waals surface area contributed by atoms with E-state index in [2.05, 4.69) is 11.8 Å². The fraction of sp³-hybridized carbons (Fsp3) is 0.692. The molecular formula is C13H22N2O3S2. The smallest absolute Gasteiger partial charge is 0.244 e. The fourth-order valence-corrected chi connectivity index (χ4v) is 5.62. The van der Waals surface area contributed by atoms with Gasteiger partial charge in [0, 0.05) is 26.2 Å². The zero-order valence-electron chi connectivity index (χ0n) is 12.0. The Hall–Kier alpha value is -0.470. The SMILES string of the molecule is CCCN1CCN(S(=O)(=O)c2c(C)csc2CO)CC1. The molecule has 1 fully saturated rings. The molecule has 0 bridgehead atoms. The molecule has 0 aliphatic carbocycles. The molecule has 1 aliphatic heterocycles. The van der Waals surface area contributed by atoms with Gasteiger partial charge in [0.2, 0.25) is 10.0 Å². The molecule has 1 aromatic rings. The lowest BCUT2D eigenvalue weighted by molar-refractivity contribution is 0.188. The van der Waals surface area contributed by atoms with Gasteiger partial charge in [0.1, 0.15) is 4.90 Å². The van der Waals surface area contributed by atoms with Crippen LogP contribution in [0.2, 0.25) is 0 Å². The normalized spacial score (nSPS) is 18.6. The summed E-state index contributed by atoms with van der Waals surface area (Å²) in [4.78, 5) is 3.15. The highest BCUT2D eigenvalue weighted by Gasteiger charge is 2.31. The Morgan fingerprint density at radius 3 is 2.50 bits per heavy atom. The first kappa shape index (κ1) is 15.9. The van der Waals surface area contributed by atoms with Gasteiger partial charge in [-0.2, -0.15) is 4.31 Å². The molecule has 0 amide bonds. The van der Waals surface area contributed by atoms with E-state index in [4.69, 9.17) is 0 Å². The van der Waals surface area contributed by atoms with Crippen LogP contribution in [0.25, 0.3) is 0 Å². The zero-order valence-corrected chi connectivity index (χ0v) is 13.6. The van der Waals surface area contributed by atoms with Crippen LogP contribution in [0, 0.1) is 6.92 Å². The number of aliphatic hydroxyl groups excluding tert-OH is 1. The predicted molar refractivity (Wildman–Crippen MR) is 80.5 cm³/mol. The molecule has 2 rings (SSSR count). The van der Waals surface area contributed by atoms with Crippen molar-refractivity contribution in [1.82, 2.24) is 9.21 Å². The lowest BCUT2D eigenvalue weighted by Crippen LogP contribution is -2.48. The summed E-state index contributed by atoms with van der Waals surface area (Å²) < 4.78 is 27.0. The highest BCUT2D eigenvalue weighted by Crippen LogP contribution is 2.30. The Morgan fingerprint density at radius 1 is 1.30 bits per heavy atom. The number of thiophene rings is 1. The average Bonchev–Trinajstić information content (AvgIpc) is 2.81. The van der Waals surface area contributed by atoms with Gasteiger partial charge in [-0.3, -0.25) is 0 Å². The van der Waals surface area contributed by atoms with Gasteiger partial charge in [-0.1, -0.05) is 6.92 Å². The molecule has 1 N–H and O–H groups in total. The van der Waals surface area contributed by atoms with Gasteiger partial charge in [-0.25, -0.2) is 8.42 Å². The number of hydrogen-bond donors (Lipinski definition) is 1. The van der Waals surface area contributed by atoms with E-state index in [0.29, 0.717) is 22.9 Å². The van der Waals surface area contributed by atoms with Gasteiger partial charge in [-0.05, 0) is 30.8 Å². The van der Waals surface area contributed by atoms with E-state index in [1.807, 2.05) is 0 Å². The Morgan fingerprint density at radius 2 is 1.95 bits per heavy atom. The summed E-state index contributed by atoms with van der Waals surface area (Å²) in [5, 5.41) is 11.1. The Balaban J connectivity index is 2.18. The summed E-state index contributed by atoms with van der Waals surface area (Å²) in [6.45, 7) is 7.35. The van der Waals surface area contributed by atoms with Gasteiger partial charge in [0.05, 0.1) is 11.5 Å². The molecule has 5 nitrogen and oxygen atoms in total. The van der Waals surface area contributed by atoms with Gasteiger partial charge in [-0.15, -0.1) is 11.3 Å². The Labute approximate surface area is 124 Å². The number of sulfonamides is 1. The van der Waals surface area contributed by atoms with E-state index in [1.54, 1.807) is 16.6 Å². The molecule has 1 saturated heterocycles. The maximum atomic E-state index is 12.7. The summed E-state index contributed by atoms with van der Waals surface area (Å²) in [7, 11) is -3.47. The van der Waals surface area contributed by atoms with E-state index in [9.17, 15) is 13.5 Å². The molecule has 2 heterocycles. The Kier molecular flexibility index (Phi) is 5.19. The second kappa shape index (κ2) is 6.53. The first-order valence-corrected chi connectivity index (χ1v) is 9.23. The van der Waals surface area contributed by atoms with Crippen LogP contribution in [0.3, 0.4) is 0 Å². The zero-order chi connectivity index (χ0) is 14.8. The highest BCUT2D eigenvalue weighted by atomic mass is 32.2. The Bertz CT molecular complexity index is 546. The second-order valence-electron chi connectivity index (χ2n) is 5.07. The maximum Gasteiger partial charge on any atom is 0.244 e. The van der Waals surface area contributed by atoms with Crippen LogP contribution in [0.1, 0.15) is 23.8 Å². The van der Waals surface area contributed by atoms with Crippen LogP contribution in [0.15, 0.2) is 10.3 Å². The van der Waals surface area contributed by atoms with Crippen molar-refractivity contribution >= 4 is 21.4 Å². The lowest BCUT2D eigenvalue weighted by Gasteiger charge is -2.33. The molecule has 0 radical (unpaired) electrons. The van der Waals surface area contributed by atoms with Crippen LogP contribution in [-0.2, 0) is 16.6 Å². The second-order valence-corrected chi connectivity index (χ2v) is 7.91. The third-order valence-corrected chi connectivity index (χ3v) is 6.95. The van der Waals surface area contributed by atoms with E-state index >= 15 is 0 Å². The summed E-state index contributed by atoms with van der Waals surface area (Å²) in [6.07, 6.45) is 1.09. The monoisotopic (exact) mass is 318 g/mol. The number of rotatable bonds is 5. The van der Waals surface area contributed by atoms with Crippen LogP contribution in [0.4, 0.5) is 0 Å². The molecular weight excluding hydrogens is 296 g/mol. The predicted octanol–water partition coefficient (Wildman–Crippen LogP) is 1.27. The van der Waals surface area contributed by atoms with Crippen LogP contribution in [-0.4, -0.2) is 55.5 Å². The van der Waals surface area contributed by atoms with Crippen molar-refractivity contribution in [2.75, 3.05) is 32.7 Å². The highest BCUT2D eigenvalue weighted by molar-refractivity contribution is 7.89. The lowest BCUT2D eigenvalue weighted by atomic mass is 10.3. The van der Waals surface area contributed by atoms with Crippen molar-refractivity contribution in [3.63, 3.8) is 0 Å². The number of nitrogens with zero attached hydrogens (tertiary/aromatic N) is 2. The van der Waals surface area contributed by atoms with E-state index in [0.717, 1.165) is 31.6 Å². The van der Waals surface area contributed by atoms with Crippen molar-refractivity contribution in [2.45, 2.75) is 31.8 Å². The summed E-state index contributed by atoms with van der Waals surface area (Å²) in [6, 6.07) is 0. The topological polar surface area (TPSA) is 60.9 Å². The van der Waals surface area contributed by atoms with E-state index < -0.39 is 10.0 Å². The maximum absolute atomic E-state index is 12.7. The number of aryl methyl sites for hydroxylation is 1. The number of hydrogen-bond acceptors (Lipinski definition) is 5. The van der Waals surface area contributed by atoms with Gasteiger partial charge in [0.15, 0.2) is 0 Å². The van der Waals surface area contributed by atoms with Crippen molar-refractivity contribution in [3.05, 3.63) is 15.8 Å². The molecule has 0 spiro atoms. The summed E-state index contributed by atoms with van der Waals surface area (Å²) in [5.41, 5.74) is 0.732. The van der Waals surface area contributed by atoms with Crippen LogP contribution < -0.4 is 0 Å². The van der Waals surface area contributed by atoms with E-state index in [-0.39, 0.29) is 6.61 Å². The molecule has 0 aromatic carbocycles. The number of piperazine rings is 1. The van der Waals surface area contributed by atoms with Crippen molar-refractivity contribution in [3.8, 4) is 0 Å². The minimum Gasteiger partial charge on any atom is -0.391 e. The molecule has 7 heteroatoms.